The summed E-state index contributed by atoms with van der Waals surface area (Å²) in [6, 6.07) is 11.8. The van der Waals surface area contributed by atoms with Crippen molar-refractivity contribution in [2.24, 2.45) is 0 Å². The van der Waals surface area contributed by atoms with Crippen molar-refractivity contribution in [2.45, 2.75) is 13.0 Å². The minimum absolute atomic E-state index is 0.796. The van der Waals surface area contributed by atoms with Crippen LogP contribution < -0.4 is 4.74 Å². The number of rotatable bonds is 6. The van der Waals surface area contributed by atoms with Crippen LogP contribution in [0.1, 0.15) is 17.1 Å². The van der Waals surface area contributed by atoms with Gasteiger partial charge >= 0.3 is 0 Å². The molecule has 0 unspecified atom stereocenters. The van der Waals surface area contributed by atoms with Crippen LogP contribution in [0.15, 0.2) is 53.4 Å². The average Bonchev–Trinajstić information content (AvgIpc) is 3.23. The summed E-state index contributed by atoms with van der Waals surface area (Å²) in [5.74, 6) is 2.48. The number of aromatic nitrogens is 3. The molecule has 0 aliphatic heterocycles. The number of furan rings is 1. The van der Waals surface area contributed by atoms with Crippen LogP contribution in [0.25, 0.3) is 12.2 Å². The van der Waals surface area contributed by atoms with E-state index in [2.05, 4.69) is 22.3 Å². The van der Waals surface area contributed by atoms with Gasteiger partial charge in [0.2, 0.25) is 0 Å². The molecule has 0 saturated heterocycles. The van der Waals surface area contributed by atoms with E-state index in [0.29, 0.717) is 0 Å². The molecule has 0 amide bonds. The van der Waals surface area contributed by atoms with Gasteiger partial charge in [0, 0.05) is 6.54 Å². The summed E-state index contributed by atoms with van der Waals surface area (Å²) in [7, 11) is 1.67. The fourth-order valence-electron chi connectivity index (χ4n) is 2.15. The van der Waals surface area contributed by atoms with Crippen LogP contribution in [-0.4, -0.2) is 21.9 Å². The minimum Gasteiger partial charge on any atom is -0.497 e. The van der Waals surface area contributed by atoms with Crippen molar-refractivity contribution >= 4 is 12.2 Å². The average molecular weight is 295 g/mol. The molecule has 3 rings (SSSR count). The van der Waals surface area contributed by atoms with Gasteiger partial charge in [-0.15, -0.1) is 10.2 Å². The summed E-state index contributed by atoms with van der Waals surface area (Å²) in [4.78, 5) is 0. The van der Waals surface area contributed by atoms with Crippen LogP contribution in [0.4, 0.5) is 0 Å². The molecular weight excluding hydrogens is 278 g/mol. The van der Waals surface area contributed by atoms with Crippen LogP contribution in [0.2, 0.25) is 0 Å². The number of aryl methyl sites for hydroxylation is 2. The summed E-state index contributed by atoms with van der Waals surface area (Å²) in [5, 5.41) is 8.09. The maximum atomic E-state index is 5.27. The van der Waals surface area contributed by atoms with E-state index in [1.807, 2.05) is 41.0 Å². The van der Waals surface area contributed by atoms with E-state index in [9.17, 15) is 0 Å². The van der Waals surface area contributed by atoms with Gasteiger partial charge in [0.05, 0.1) is 13.4 Å². The number of methoxy groups -OCH3 is 1. The van der Waals surface area contributed by atoms with Gasteiger partial charge in [-0.3, -0.25) is 0 Å². The molecule has 0 atom stereocenters. The SMILES string of the molecule is COc1ccc(CCn2cnnc2/C=C/c2ccco2)cc1. The first-order valence-corrected chi connectivity index (χ1v) is 7.07. The highest BCUT2D eigenvalue weighted by molar-refractivity contribution is 5.63. The van der Waals surface area contributed by atoms with E-state index in [-0.39, 0.29) is 0 Å². The molecule has 2 aromatic heterocycles. The number of hydrogen-bond donors (Lipinski definition) is 0. The Balaban J connectivity index is 1.64. The van der Waals surface area contributed by atoms with Gasteiger partial charge in [-0.2, -0.15) is 0 Å². The third-order valence-corrected chi connectivity index (χ3v) is 3.39. The summed E-state index contributed by atoms with van der Waals surface area (Å²) in [5.41, 5.74) is 1.25. The molecule has 0 aliphatic rings. The zero-order chi connectivity index (χ0) is 15.2. The highest BCUT2D eigenvalue weighted by Gasteiger charge is 2.02. The van der Waals surface area contributed by atoms with Gasteiger partial charge in [0.1, 0.15) is 17.8 Å². The normalized spacial score (nSPS) is 11.1. The lowest BCUT2D eigenvalue weighted by Gasteiger charge is -2.05. The lowest BCUT2D eigenvalue weighted by atomic mass is 10.1. The van der Waals surface area contributed by atoms with E-state index in [1.165, 1.54) is 5.56 Å². The molecule has 0 fully saturated rings. The highest BCUT2D eigenvalue weighted by Crippen LogP contribution is 2.13. The second kappa shape index (κ2) is 6.76. The molecule has 5 heteroatoms. The molecule has 3 aromatic rings. The lowest BCUT2D eigenvalue weighted by molar-refractivity contribution is 0.414. The van der Waals surface area contributed by atoms with E-state index < -0.39 is 0 Å². The van der Waals surface area contributed by atoms with Crippen LogP contribution in [-0.2, 0) is 13.0 Å². The molecule has 2 heterocycles. The van der Waals surface area contributed by atoms with Crippen molar-refractivity contribution in [3.8, 4) is 5.75 Å². The molecular formula is C17H17N3O2. The Kier molecular flexibility index (Phi) is 4.34. The van der Waals surface area contributed by atoms with Gasteiger partial charge in [-0.25, -0.2) is 0 Å². The molecule has 0 bridgehead atoms. The van der Waals surface area contributed by atoms with Gasteiger partial charge in [0.25, 0.3) is 0 Å². The van der Waals surface area contributed by atoms with Crippen LogP contribution in [0, 0.1) is 0 Å². The Labute approximate surface area is 128 Å². The van der Waals surface area contributed by atoms with E-state index in [4.69, 9.17) is 9.15 Å². The Morgan fingerprint density at radius 3 is 2.77 bits per heavy atom. The minimum atomic E-state index is 0.796. The van der Waals surface area contributed by atoms with Crippen LogP contribution in [0.5, 0.6) is 5.75 Å². The first-order chi connectivity index (χ1) is 10.8. The molecule has 0 N–H and O–H groups in total. The zero-order valence-electron chi connectivity index (χ0n) is 12.3. The van der Waals surface area contributed by atoms with Crippen molar-refractivity contribution in [1.29, 1.82) is 0 Å². The second-order valence-electron chi connectivity index (χ2n) is 4.83. The Bertz CT molecular complexity index is 728. The van der Waals surface area contributed by atoms with Crippen molar-refractivity contribution in [3.63, 3.8) is 0 Å². The summed E-state index contributed by atoms with van der Waals surface area (Å²) in [6.07, 6.45) is 8.08. The first kappa shape index (κ1) is 14.1. The number of benzene rings is 1. The molecule has 0 saturated carbocycles. The smallest absolute Gasteiger partial charge is 0.156 e. The molecule has 1 aromatic carbocycles. The predicted molar refractivity (Wildman–Crippen MR) is 84.4 cm³/mol. The van der Waals surface area contributed by atoms with E-state index in [0.717, 1.165) is 30.3 Å². The number of ether oxygens (including phenoxy) is 1. The molecule has 0 radical (unpaired) electrons. The van der Waals surface area contributed by atoms with Crippen molar-refractivity contribution in [2.75, 3.05) is 7.11 Å². The first-order valence-electron chi connectivity index (χ1n) is 7.07. The molecule has 22 heavy (non-hydrogen) atoms. The Morgan fingerprint density at radius 1 is 1.18 bits per heavy atom. The van der Waals surface area contributed by atoms with E-state index in [1.54, 1.807) is 19.7 Å². The number of hydrogen-bond acceptors (Lipinski definition) is 4. The molecule has 5 nitrogen and oxygen atoms in total. The maximum Gasteiger partial charge on any atom is 0.156 e. The van der Waals surface area contributed by atoms with Gasteiger partial charge in [-0.05, 0) is 48.4 Å². The topological polar surface area (TPSA) is 53.1 Å². The lowest BCUT2D eigenvalue weighted by Crippen LogP contribution is -2.02. The largest absolute Gasteiger partial charge is 0.497 e. The Hall–Kier alpha value is -2.82. The quantitative estimate of drug-likeness (QED) is 0.700. The standard InChI is InChI=1S/C17H17N3O2/c1-21-15-6-4-14(5-7-15)10-11-20-13-18-19-17(20)9-8-16-3-2-12-22-16/h2-9,12-13H,10-11H2,1H3/b9-8+. The summed E-state index contributed by atoms with van der Waals surface area (Å²) < 4.78 is 12.4. The summed E-state index contributed by atoms with van der Waals surface area (Å²) in [6.45, 7) is 0.817. The van der Waals surface area contributed by atoms with Crippen LogP contribution >= 0.6 is 0 Å². The summed E-state index contributed by atoms with van der Waals surface area (Å²) >= 11 is 0. The van der Waals surface area contributed by atoms with Crippen LogP contribution in [0.3, 0.4) is 0 Å². The van der Waals surface area contributed by atoms with Crippen molar-refractivity contribution in [3.05, 3.63) is 66.1 Å². The van der Waals surface area contributed by atoms with Gasteiger partial charge in [-0.1, -0.05) is 12.1 Å². The predicted octanol–water partition coefficient (Wildman–Crippen LogP) is 3.29. The fraction of sp³-hybridized carbons (Fsp3) is 0.176. The monoisotopic (exact) mass is 295 g/mol. The number of nitrogens with zero attached hydrogens (tertiary/aromatic N) is 3. The third kappa shape index (κ3) is 3.44. The second-order valence-corrected chi connectivity index (χ2v) is 4.83. The third-order valence-electron chi connectivity index (χ3n) is 3.39. The van der Waals surface area contributed by atoms with Crippen molar-refractivity contribution in [1.82, 2.24) is 14.8 Å². The molecule has 0 spiro atoms. The molecule has 0 aliphatic carbocycles. The Morgan fingerprint density at radius 2 is 2.05 bits per heavy atom. The molecule has 112 valence electrons. The van der Waals surface area contributed by atoms with Gasteiger partial charge < -0.3 is 13.7 Å². The zero-order valence-corrected chi connectivity index (χ0v) is 12.3. The van der Waals surface area contributed by atoms with Gasteiger partial charge in [0.15, 0.2) is 5.82 Å². The van der Waals surface area contributed by atoms with Crippen molar-refractivity contribution < 1.29 is 9.15 Å². The fourth-order valence-corrected chi connectivity index (χ4v) is 2.15. The maximum absolute atomic E-state index is 5.27. The highest BCUT2D eigenvalue weighted by atomic mass is 16.5. The van der Waals surface area contributed by atoms with E-state index >= 15 is 0 Å².